The van der Waals surface area contributed by atoms with Crippen LogP contribution >= 0.6 is 50.1 Å². The van der Waals surface area contributed by atoms with Gasteiger partial charge in [-0.2, -0.15) is 9.78 Å². The Balaban J connectivity index is 1.50. The molecule has 0 amide bonds. The Kier molecular flexibility index (Phi) is 8.70. The maximum absolute atomic E-state index is 13.6. The fraction of sp³-hybridized carbons (Fsp3) is 0.276. The van der Waals surface area contributed by atoms with Crippen LogP contribution in [0.5, 0.6) is 11.5 Å². The molecule has 1 aliphatic rings. The van der Waals surface area contributed by atoms with E-state index in [4.69, 9.17) is 26.1 Å². The number of ether oxygens (including phenoxy) is 2. The lowest BCUT2D eigenvalue weighted by atomic mass is 9.88. The first-order valence-electron chi connectivity index (χ1n) is 12.4. The highest BCUT2D eigenvalue weighted by molar-refractivity contribution is 14.1. The lowest BCUT2D eigenvalue weighted by molar-refractivity contribution is 0.282. The molecule has 4 aromatic rings. The van der Waals surface area contributed by atoms with Crippen LogP contribution in [-0.2, 0) is 6.61 Å². The Morgan fingerprint density at radius 3 is 2.71 bits per heavy atom. The van der Waals surface area contributed by atoms with Gasteiger partial charge < -0.3 is 9.47 Å². The van der Waals surface area contributed by atoms with Crippen LogP contribution in [0.15, 0.2) is 69.0 Å². The maximum Gasteiger partial charge on any atom is 0.282 e. The standard InChI is InChI=1S/C29H26BrClIN3O3/c1-37-26-14-18(13-24(32)27(26)38-17-20-9-5-6-10-23(20)31)16-33-35-28(19-7-3-2-4-8-19)34-25-12-11-21(30)15-22(25)29(35)36/h5-6,9-16,19H,2-4,7-8,17H2,1H3. The summed E-state index contributed by atoms with van der Waals surface area (Å²) >= 11 is 12.0. The summed E-state index contributed by atoms with van der Waals surface area (Å²) in [6, 6.07) is 17.0. The van der Waals surface area contributed by atoms with Crippen LogP contribution in [-0.4, -0.2) is 23.0 Å². The second-order valence-electron chi connectivity index (χ2n) is 9.24. The van der Waals surface area contributed by atoms with E-state index in [-0.39, 0.29) is 11.5 Å². The van der Waals surface area contributed by atoms with Gasteiger partial charge in [-0.1, -0.05) is 65.0 Å². The summed E-state index contributed by atoms with van der Waals surface area (Å²) in [5, 5.41) is 5.85. The summed E-state index contributed by atoms with van der Waals surface area (Å²) in [6.07, 6.45) is 7.18. The van der Waals surface area contributed by atoms with Gasteiger partial charge in [0.15, 0.2) is 11.5 Å². The Bertz CT molecular complexity index is 1570. The minimum absolute atomic E-state index is 0.172. The second kappa shape index (κ2) is 12.2. The van der Waals surface area contributed by atoms with Crippen molar-refractivity contribution in [3.63, 3.8) is 0 Å². The van der Waals surface area contributed by atoms with E-state index in [0.717, 1.165) is 50.7 Å². The molecule has 0 unspecified atom stereocenters. The Hall–Kier alpha value is -2.43. The van der Waals surface area contributed by atoms with Gasteiger partial charge >= 0.3 is 0 Å². The van der Waals surface area contributed by atoms with Crippen LogP contribution in [0.1, 0.15) is 55.0 Å². The Morgan fingerprint density at radius 1 is 1.16 bits per heavy atom. The van der Waals surface area contributed by atoms with Gasteiger partial charge in [0.2, 0.25) is 0 Å². The van der Waals surface area contributed by atoms with E-state index in [1.165, 1.54) is 11.1 Å². The first kappa shape index (κ1) is 27.1. The molecule has 196 valence electrons. The lowest BCUT2D eigenvalue weighted by Crippen LogP contribution is -2.25. The van der Waals surface area contributed by atoms with Crippen LogP contribution in [0, 0.1) is 3.57 Å². The van der Waals surface area contributed by atoms with E-state index in [9.17, 15) is 4.79 Å². The van der Waals surface area contributed by atoms with Crippen molar-refractivity contribution in [2.45, 2.75) is 44.6 Å². The van der Waals surface area contributed by atoms with Crippen molar-refractivity contribution in [2.75, 3.05) is 7.11 Å². The molecule has 6 nitrogen and oxygen atoms in total. The van der Waals surface area contributed by atoms with Gasteiger partial charge in [-0.3, -0.25) is 4.79 Å². The number of rotatable bonds is 7. The van der Waals surface area contributed by atoms with Crippen molar-refractivity contribution in [1.82, 2.24) is 9.66 Å². The number of hydrogen-bond donors (Lipinski definition) is 0. The number of fused-ring (bicyclic) bond motifs is 1. The predicted molar refractivity (Wildman–Crippen MR) is 164 cm³/mol. The molecule has 3 aromatic carbocycles. The predicted octanol–water partition coefficient (Wildman–Crippen LogP) is 7.93. The number of nitrogens with zero attached hydrogens (tertiary/aromatic N) is 3. The quantitative estimate of drug-likeness (QED) is 0.145. The average Bonchev–Trinajstić information content (AvgIpc) is 2.93. The summed E-state index contributed by atoms with van der Waals surface area (Å²) in [5.41, 5.74) is 2.20. The average molecular weight is 707 g/mol. The minimum atomic E-state index is -0.172. The molecule has 5 rings (SSSR count). The SMILES string of the molecule is COc1cc(C=Nn2c(C3CCCCC3)nc3ccc(Br)cc3c2=O)cc(I)c1OCc1ccccc1Cl. The van der Waals surface area contributed by atoms with E-state index in [1.807, 2.05) is 48.5 Å². The van der Waals surface area contributed by atoms with Crippen molar-refractivity contribution in [1.29, 1.82) is 0 Å². The molecule has 9 heteroatoms. The van der Waals surface area contributed by atoms with E-state index in [1.54, 1.807) is 19.4 Å². The van der Waals surface area contributed by atoms with E-state index in [0.29, 0.717) is 34.0 Å². The topological polar surface area (TPSA) is 65.7 Å². The maximum atomic E-state index is 13.6. The molecule has 1 heterocycles. The summed E-state index contributed by atoms with van der Waals surface area (Å²) in [4.78, 5) is 18.5. The third kappa shape index (κ3) is 5.92. The van der Waals surface area contributed by atoms with Crippen molar-refractivity contribution in [2.24, 2.45) is 5.10 Å². The fourth-order valence-corrected chi connectivity index (χ4v) is 6.08. The highest BCUT2D eigenvalue weighted by Crippen LogP contribution is 2.35. The zero-order valence-electron chi connectivity index (χ0n) is 20.8. The number of methoxy groups -OCH3 is 1. The molecule has 0 radical (unpaired) electrons. The second-order valence-corrected chi connectivity index (χ2v) is 11.7. The van der Waals surface area contributed by atoms with Crippen LogP contribution in [0.3, 0.4) is 0 Å². The number of hydrogen-bond acceptors (Lipinski definition) is 5. The third-order valence-corrected chi connectivity index (χ3v) is 8.37. The van der Waals surface area contributed by atoms with Crippen molar-refractivity contribution >= 4 is 67.2 Å². The highest BCUT2D eigenvalue weighted by Gasteiger charge is 2.22. The van der Waals surface area contributed by atoms with Crippen LogP contribution in [0.4, 0.5) is 0 Å². The lowest BCUT2D eigenvalue weighted by Gasteiger charge is -2.22. The van der Waals surface area contributed by atoms with E-state index < -0.39 is 0 Å². The monoisotopic (exact) mass is 705 g/mol. The highest BCUT2D eigenvalue weighted by atomic mass is 127. The third-order valence-electron chi connectivity index (χ3n) is 6.71. The molecule has 0 atom stereocenters. The summed E-state index contributed by atoms with van der Waals surface area (Å²) in [5.74, 6) is 2.13. The molecule has 0 spiro atoms. The van der Waals surface area contributed by atoms with Crippen molar-refractivity contribution in [3.05, 3.63) is 95.0 Å². The summed E-state index contributed by atoms with van der Waals surface area (Å²) in [7, 11) is 1.60. The van der Waals surface area contributed by atoms with Crippen LogP contribution in [0.25, 0.3) is 10.9 Å². The van der Waals surface area contributed by atoms with Gasteiger partial charge in [-0.05, 0) is 77.4 Å². The van der Waals surface area contributed by atoms with Gasteiger partial charge in [0, 0.05) is 21.0 Å². The van der Waals surface area contributed by atoms with E-state index >= 15 is 0 Å². The van der Waals surface area contributed by atoms with Crippen LogP contribution in [0.2, 0.25) is 5.02 Å². The normalized spacial score (nSPS) is 14.3. The fourth-order valence-electron chi connectivity index (χ4n) is 4.75. The molecule has 0 aliphatic heterocycles. The number of aromatic nitrogens is 2. The van der Waals surface area contributed by atoms with Gasteiger partial charge in [0.25, 0.3) is 5.56 Å². The van der Waals surface area contributed by atoms with Gasteiger partial charge in [0.05, 0.1) is 27.8 Å². The first-order chi connectivity index (χ1) is 18.4. The molecule has 0 saturated heterocycles. The van der Waals surface area contributed by atoms with E-state index in [2.05, 4.69) is 43.6 Å². The Labute approximate surface area is 248 Å². The molecular weight excluding hydrogens is 681 g/mol. The van der Waals surface area contributed by atoms with Crippen molar-refractivity contribution in [3.8, 4) is 11.5 Å². The molecular formula is C29H26BrClIN3O3. The van der Waals surface area contributed by atoms with Crippen molar-refractivity contribution < 1.29 is 9.47 Å². The summed E-state index contributed by atoms with van der Waals surface area (Å²) in [6.45, 7) is 0.317. The smallest absolute Gasteiger partial charge is 0.282 e. The first-order valence-corrected chi connectivity index (χ1v) is 14.7. The number of halogens is 3. The Morgan fingerprint density at radius 2 is 1.95 bits per heavy atom. The summed E-state index contributed by atoms with van der Waals surface area (Å²) < 4.78 is 14.9. The molecule has 0 N–H and O–H groups in total. The number of benzene rings is 3. The molecule has 1 saturated carbocycles. The molecule has 1 fully saturated rings. The molecule has 38 heavy (non-hydrogen) atoms. The zero-order chi connectivity index (χ0) is 26.6. The zero-order valence-corrected chi connectivity index (χ0v) is 25.3. The van der Waals surface area contributed by atoms with Crippen LogP contribution < -0.4 is 15.0 Å². The molecule has 0 bridgehead atoms. The van der Waals surface area contributed by atoms with Gasteiger partial charge in [-0.25, -0.2) is 4.98 Å². The largest absolute Gasteiger partial charge is 0.493 e. The minimum Gasteiger partial charge on any atom is -0.493 e. The molecule has 1 aromatic heterocycles. The van der Waals surface area contributed by atoms with Gasteiger partial charge in [0.1, 0.15) is 12.4 Å². The van der Waals surface area contributed by atoms with Gasteiger partial charge in [-0.15, -0.1) is 0 Å². The molecule has 1 aliphatic carbocycles.